The van der Waals surface area contributed by atoms with Crippen molar-refractivity contribution in [3.63, 3.8) is 0 Å². The first-order chi connectivity index (χ1) is 5.73. The van der Waals surface area contributed by atoms with Crippen molar-refractivity contribution in [2.45, 2.75) is 53.1 Å². The Labute approximate surface area is 81.1 Å². The van der Waals surface area contributed by atoms with E-state index in [1.807, 2.05) is 13.8 Å². The zero-order valence-corrected chi connectivity index (χ0v) is 9.35. The number of nitrogens with two attached hydrogens (primary N) is 1. The molecule has 3 heteroatoms. The Morgan fingerprint density at radius 1 is 1.38 bits per heavy atom. The van der Waals surface area contributed by atoms with Gasteiger partial charge in [0.25, 0.3) is 0 Å². The van der Waals surface area contributed by atoms with Gasteiger partial charge in [-0.25, -0.2) is 0 Å². The third-order valence-corrected chi connectivity index (χ3v) is 2.18. The lowest BCUT2D eigenvalue weighted by Gasteiger charge is -2.28. The first kappa shape index (κ1) is 12.4. The Morgan fingerprint density at radius 2 is 1.85 bits per heavy atom. The van der Waals surface area contributed by atoms with Crippen molar-refractivity contribution >= 4 is 5.91 Å². The molecule has 1 amide bonds. The maximum atomic E-state index is 11.3. The molecule has 0 aromatic carbocycles. The van der Waals surface area contributed by atoms with Crippen molar-refractivity contribution in [1.29, 1.82) is 0 Å². The summed E-state index contributed by atoms with van der Waals surface area (Å²) in [5.41, 5.74) is 5.62. The number of amides is 1. The van der Waals surface area contributed by atoms with Crippen LogP contribution in [0.5, 0.6) is 0 Å². The summed E-state index contributed by atoms with van der Waals surface area (Å²) in [6.45, 7) is 10.2. The topological polar surface area (TPSA) is 55.1 Å². The van der Waals surface area contributed by atoms with Gasteiger partial charge in [0.1, 0.15) is 0 Å². The largest absolute Gasteiger partial charge is 0.353 e. The van der Waals surface area contributed by atoms with Crippen LogP contribution in [0.3, 0.4) is 0 Å². The zero-order valence-electron chi connectivity index (χ0n) is 9.35. The van der Waals surface area contributed by atoms with Crippen LogP contribution in [0.25, 0.3) is 0 Å². The van der Waals surface area contributed by atoms with E-state index in [1.165, 1.54) is 0 Å². The third kappa shape index (κ3) is 5.64. The summed E-state index contributed by atoms with van der Waals surface area (Å²) in [5.74, 6) is 0.0393. The number of hydrogen-bond acceptors (Lipinski definition) is 2. The van der Waals surface area contributed by atoms with Gasteiger partial charge in [0.05, 0.1) is 0 Å². The van der Waals surface area contributed by atoms with E-state index >= 15 is 0 Å². The molecular weight excluding hydrogens is 164 g/mol. The molecule has 3 nitrogen and oxygen atoms in total. The second-order valence-electron chi connectivity index (χ2n) is 4.84. The summed E-state index contributed by atoms with van der Waals surface area (Å²) in [7, 11) is 0. The average Bonchev–Trinajstić information content (AvgIpc) is 1.82. The van der Waals surface area contributed by atoms with Crippen molar-refractivity contribution in [1.82, 2.24) is 5.32 Å². The lowest BCUT2D eigenvalue weighted by atomic mass is 9.88. The van der Waals surface area contributed by atoms with Gasteiger partial charge in [0.15, 0.2) is 0 Å². The normalized spacial score (nSPS) is 16.5. The third-order valence-electron chi connectivity index (χ3n) is 2.18. The average molecular weight is 186 g/mol. The second kappa shape index (κ2) is 4.61. The minimum absolute atomic E-state index is 0.0393. The number of carbonyl (C=O) groups excluding carboxylic acids is 1. The van der Waals surface area contributed by atoms with Gasteiger partial charge < -0.3 is 11.1 Å². The van der Waals surface area contributed by atoms with Crippen LogP contribution in [0, 0.1) is 5.41 Å². The number of rotatable bonds is 3. The van der Waals surface area contributed by atoms with Gasteiger partial charge in [-0.05, 0) is 19.3 Å². The Kier molecular flexibility index (Phi) is 4.40. The fraction of sp³-hybridized carbons (Fsp3) is 0.900. The van der Waals surface area contributed by atoms with Crippen LogP contribution >= 0.6 is 0 Å². The summed E-state index contributed by atoms with van der Waals surface area (Å²) in [6.07, 6.45) is 0.403. The minimum Gasteiger partial charge on any atom is -0.353 e. The molecule has 0 aromatic heterocycles. The van der Waals surface area contributed by atoms with Crippen LogP contribution < -0.4 is 11.1 Å². The van der Waals surface area contributed by atoms with Crippen molar-refractivity contribution in [2.75, 3.05) is 0 Å². The van der Waals surface area contributed by atoms with Crippen molar-refractivity contribution in [3.05, 3.63) is 0 Å². The van der Waals surface area contributed by atoms with Gasteiger partial charge >= 0.3 is 0 Å². The summed E-state index contributed by atoms with van der Waals surface area (Å²) in [4.78, 5) is 11.3. The molecule has 2 unspecified atom stereocenters. The first-order valence-corrected chi connectivity index (χ1v) is 4.78. The molecule has 0 heterocycles. The molecule has 0 rings (SSSR count). The van der Waals surface area contributed by atoms with Crippen molar-refractivity contribution in [3.8, 4) is 0 Å². The maximum Gasteiger partial charge on any atom is 0.221 e. The zero-order chi connectivity index (χ0) is 10.6. The van der Waals surface area contributed by atoms with E-state index in [0.29, 0.717) is 6.42 Å². The number of hydrogen-bond donors (Lipinski definition) is 2. The highest BCUT2D eigenvalue weighted by molar-refractivity contribution is 5.76. The van der Waals surface area contributed by atoms with Gasteiger partial charge in [-0.2, -0.15) is 0 Å². The summed E-state index contributed by atoms with van der Waals surface area (Å²) in [6, 6.07) is 0.117. The molecule has 0 saturated carbocycles. The molecule has 0 bridgehead atoms. The van der Waals surface area contributed by atoms with E-state index in [9.17, 15) is 4.79 Å². The molecule has 78 valence electrons. The molecule has 0 radical (unpaired) electrons. The first-order valence-electron chi connectivity index (χ1n) is 4.78. The molecule has 0 aromatic rings. The van der Waals surface area contributed by atoms with E-state index in [0.717, 1.165) is 0 Å². The molecule has 2 atom stereocenters. The second-order valence-corrected chi connectivity index (χ2v) is 4.84. The van der Waals surface area contributed by atoms with E-state index in [4.69, 9.17) is 5.73 Å². The van der Waals surface area contributed by atoms with E-state index in [2.05, 4.69) is 26.1 Å². The monoisotopic (exact) mass is 186 g/mol. The van der Waals surface area contributed by atoms with Crippen LogP contribution in [-0.4, -0.2) is 18.0 Å². The highest BCUT2D eigenvalue weighted by atomic mass is 16.1. The fourth-order valence-corrected chi connectivity index (χ4v) is 0.809. The van der Waals surface area contributed by atoms with Gasteiger partial charge in [-0.3, -0.25) is 4.79 Å². The molecule has 0 fully saturated rings. The standard InChI is InChI=1S/C10H22N2O/c1-7(11)6-9(13)12-8(2)10(3,4)5/h7-8H,6,11H2,1-5H3,(H,12,13). The predicted octanol–water partition coefficient (Wildman–Crippen LogP) is 1.27. The van der Waals surface area contributed by atoms with Gasteiger partial charge in [0.2, 0.25) is 5.91 Å². The summed E-state index contributed by atoms with van der Waals surface area (Å²) in [5, 5.41) is 2.93. The molecule has 0 aliphatic rings. The maximum absolute atomic E-state index is 11.3. The smallest absolute Gasteiger partial charge is 0.221 e. The molecule has 3 N–H and O–H groups in total. The van der Waals surface area contributed by atoms with Crippen LogP contribution in [0.4, 0.5) is 0 Å². The van der Waals surface area contributed by atoms with Crippen molar-refractivity contribution < 1.29 is 4.79 Å². The molecule has 13 heavy (non-hydrogen) atoms. The lowest BCUT2D eigenvalue weighted by Crippen LogP contribution is -2.42. The van der Waals surface area contributed by atoms with Crippen LogP contribution in [0.15, 0.2) is 0 Å². The quantitative estimate of drug-likeness (QED) is 0.697. The Bertz CT molecular complexity index is 170. The van der Waals surface area contributed by atoms with E-state index in [-0.39, 0.29) is 23.4 Å². The SMILES string of the molecule is CC(N)CC(=O)NC(C)C(C)(C)C. The van der Waals surface area contributed by atoms with Gasteiger partial charge in [-0.1, -0.05) is 20.8 Å². The van der Waals surface area contributed by atoms with E-state index in [1.54, 1.807) is 0 Å². The molecule has 0 saturated heterocycles. The Hall–Kier alpha value is -0.570. The molecule has 0 aliphatic carbocycles. The molecular formula is C10H22N2O. The number of nitrogens with one attached hydrogen (secondary N) is 1. The highest BCUT2D eigenvalue weighted by Crippen LogP contribution is 2.18. The van der Waals surface area contributed by atoms with Gasteiger partial charge in [-0.15, -0.1) is 0 Å². The fourth-order valence-electron chi connectivity index (χ4n) is 0.809. The Morgan fingerprint density at radius 3 is 2.15 bits per heavy atom. The summed E-state index contributed by atoms with van der Waals surface area (Å²) >= 11 is 0. The minimum atomic E-state index is -0.0628. The van der Waals surface area contributed by atoms with Crippen LogP contribution in [0.1, 0.15) is 41.0 Å². The predicted molar refractivity (Wildman–Crippen MR) is 55.3 cm³/mol. The molecule has 0 spiro atoms. The van der Waals surface area contributed by atoms with E-state index < -0.39 is 0 Å². The number of carbonyl (C=O) groups is 1. The van der Waals surface area contributed by atoms with Crippen molar-refractivity contribution in [2.24, 2.45) is 11.1 Å². The lowest BCUT2D eigenvalue weighted by molar-refractivity contribution is -0.122. The Balaban J connectivity index is 3.93. The van der Waals surface area contributed by atoms with Crippen LogP contribution in [-0.2, 0) is 4.79 Å². The summed E-state index contributed by atoms with van der Waals surface area (Å²) < 4.78 is 0. The highest BCUT2D eigenvalue weighted by Gasteiger charge is 2.21. The van der Waals surface area contributed by atoms with Gasteiger partial charge in [0, 0.05) is 18.5 Å². The van der Waals surface area contributed by atoms with Crippen LogP contribution in [0.2, 0.25) is 0 Å². The molecule has 0 aliphatic heterocycles.